The van der Waals surface area contributed by atoms with Gasteiger partial charge in [-0.2, -0.15) is 10.2 Å². The molecule has 1 aliphatic carbocycles. The number of aromatic amines is 1. The standard InChI is InChI=1S/C19H22N6O2/c1-2-11-27-15-12-25(14-7-4-3-5-8-14)24-16(15)17(26)22-19(9-6-10-19)18-20-13-21-23-18/h3-5,7-8,12-13H,2,6,9-11H2,1H3,(H,22,26)(H,20,21,23). The lowest BCUT2D eigenvalue weighted by atomic mass is 9.76. The molecule has 1 fully saturated rings. The summed E-state index contributed by atoms with van der Waals surface area (Å²) in [4.78, 5) is 17.3. The number of H-pyrrole nitrogens is 1. The molecule has 140 valence electrons. The van der Waals surface area contributed by atoms with Crippen molar-refractivity contribution >= 4 is 5.91 Å². The van der Waals surface area contributed by atoms with Crippen molar-refractivity contribution < 1.29 is 9.53 Å². The molecular weight excluding hydrogens is 344 g/mol. The Morgan fingerprint density at radius 3 is 2.78 bits per heavy atom. The van der Waals surface area contributed by atoms with Crippen molar-refractivity contribution in [2.75, 3.05) is 6.61 Å². The van der Waals surface area contributed by atoms with E-state index in [1.807, 2.05) is 37.3 Å². The third kappa shape index (κ3) is 3.30. The number of amides is 1. The van der Waals surface area contributed by atoms with Gasteiger partial charge >= 0.3 is 0 Å². The van der Waals surface area contributed by atoms with Crippen LogP contribution in [0, 0.1) is 0 Å². The lowest BCUT2D eigenvalue weighted by molar-refractivity contribution is 0.0800. The first-order chi connectivity index (χ1) is 13.2. The molecular formula is C19H22N6O2. The van der Waals surface area contributed by atoms with Gasteiger partial charge in [0.2, 0.25) is 0 Å². The van der Waals surface area contributed by atoms with Crippen molar-refractivity contribution in [1.82, 2.24) is 30.3 Å². The second-order valence-electron chi connectivity index (χ2n) is 6.69. The van der Waals surface area contributed by atoms with Gasteiger partial charge in [-0.25, -0.2) is 9.67 Å². The van der Waals surface area contributed by atoms with Crippen LogP contribution in [0.2, 0.25) is 0 Å². The van der Waals surface area contributed by atoms with Crippen LogP contribution in [0.25, 0.3) is 5.69 Å². The van der Waals surface area contributed by atoms with Crippen LogP contribution < -0.4 is 10.1 Å². The van der Waals surface area contributed by atoms with Crippen LogP contribution >= 0.6 is 0 Å². The van der Waals surface area contributed by atoms with Gasteiger partial charge in [-0.05, 0) is 37.8 Å². The summed E-state index contributed by atoms with van der Waals surface area (Å²) in [5, 5.41) is 14.4. The number of para-hydroxylation sites is 1. The SMILES string of the molecule is CCCOc1cn(-c2ccccc2)nc1C(=O)NC1(c2ncn[nH]2)CCC1. The Hall–Kier alpha value is -3.16. The van der Waals surface area contributed by atoms with Gasteiger partial charge in [0.25, 0.3) is 5.91 Å². The van der Waals surface area contributed by atoms with Crippen molar-refractivity contribution in [3.05, 3.63) is 54.4 Å². The van der Waals surface area contributed by atoms with Gasteiger partial charge in [0.05, 0.1) is 24.0 Å². The molecule has 0 bridgehead atoms. The van der Waals surface area contributed by atoms with Crippen LogP contribution in [-0.2, 0) is 5.54 Å². The highest BCUT2D eigenvalue weighted by molar-refractivity contribution is 5.95. The predicted octanol–water partition coefficient (Wildman–Crippen LogP) is 2.59. The average molecular weight is 366 g/mol. The molecule has 27 heavy (non-hydrogen) atoms. The minimum Gasteiger partial charge on any atom is -0.489 e. The zero-order chi connectivity index (χ0) is 18.7. The minimum absolute atomic E-state index is 0.271. The number of hydrogen-bond donors (Lipinski definition) is 2. The van der Waals surface area contributed by atoms with Crippen molar-refractivity contribution in [3.63, 3.8) is 0 Å². The van der Waals surface area contributed by atoms with Gasteiger partial charge in [-0.1, -0.05) is 25.1 Å². The first-order valence-corrected chi connectivity index (χ1v) is 9.18. The number of benzene rings is 1. The Morgan fingerprint density at radius 2 is 2.15 bits per heavy atom. The lowest BCUT2D eigenvalue weighted by Gasteiger charge is -2.40. The number of carbonyl (C=O) groups excluding carboxylic acids is 1. The van der Waals surface area contributed by atoms with Gasteiger partial charge in [-0.15, -0.1) is 0 Å². The van der Waals surface area contributed by atoms with Gasteiger partial charge in [0, 0.05) is 0 Å². The van der Waals surface area contributed by atoms with Crippen LogP contribution in [-0.4, -0.2) is 37.5 Å². The fraction of sp³-hybridized carbons (Fsp3) is 0.368. The van der Waals surface area contributed by atoms with Crippen LogP contribution in [0.3, 0.4) is 0 Å². The number of nitrogens with zero attached hydrogens (tertiary/aromatic N) is 4. The number of carbonyl (C=O) groups is 1. The van der Waals surface area contributed by atoms with E-state index in [1.165, 1.54) is 6.33 Å². The highest BCUT2D eigenvalue weighted by Crippen LogP contribution is 2.39. The number of nitrogens with one attached hydrogen (secondary N) is 2. The van der Waals surface area contributed by atoms with Gasteiger partial charge in [0.15, 0.2) is 11.4 Å². The summed E-state index contributed by atoms with van der Waals surface area (Å²) in [5.74, 6) is 0.887. The summed E-state index contributed by atoms with van der Waals surface area (Å²) in [6.07, 6.45) is 6.72. The molecule has 0 radical (unpaired) electrons. The molecule has 2 N–H and O–H groups in total. The summed E-state index contributed by atoms with van der Waals surface area (Å²) < 4.78 is 7.45. The molecule has 0 unspecified atom stereocenters. The Balaban J connectivity index is 1.63. The molecule has 1 aliphatic rings. The first-order valence-electron chi connectivity index (χ1n) is 9.18. The maximum atomic E-state index is 13.0. The maximum Gasteiger partial charge on any atom is 0.276 e. The number of hydrogen-bond acceptors (Lipinski definition) is 5. The number of ether oxygens (including phenoxy) is 1. The van der Waals surface area contributed by atoms with E-state index in [9.17, 15) is 4.79 Å². The Morgan fingerprint density at radius 1 is 1.33 bits per heavy atom. The normalized spacial score (nSPS) is 15.1. The van der Waals surface area contributed by atoms with E-state index in [1.54, 1.807) is 10.9 Å². The summed E-state index contributed by atoms with van der Waals surface area (Å²) >= 11 is 0. The van der Waals surface area contributed by atoms with Crippen molar-refractivity contribution in [1.29, 1.82) is 0 Å². The van der Waals surface area contributed by atoms with E-state index in [4.69, 9.17) is 4.74 Å². The Bertz CT molecular complexity index is 900. The molecule has 0 spiro atoms. The molecule has 1 saturated carbocycles. The molecule has 2 heterocycles. The van der Waals surface area contributed by atoms with E-state index < -0.39 is 5.54 Å². The van der Waals surface area contributed by atoms with E-state index in [0.717, 1.165) is 31.4 Å². The maximum absolute atomic E-state index is 13.0. The Labute approximate surface area is 157 Å². The molecule has 0 saturated heterocycles. The molecule has 8 heteroatoms. The van der Waals surface area contributed by atoms with Gasteiger partial charge in [0.1, 0.15) is 12.2 Å². The average Bonchev–Trinajstić information content (AvgIpc) is 3.34. The van der Waals surface area contributed by atoms with Crippen LogP contribution in [0.15, 0.2) is 42.9 Å². The fourth-order valence-corrected chi connectivity index (χ4v) is 3.21. The summed E-state index contributed by atoms with van der Waals surface area (Å²) in [6, 6.07) is 9.65. The second-order valence-corrected chi connectivity index (χ2v) is 6.69. The molecule has 3 aromatic rings. The minimum atomic E-state index is -0.508. The smallest absolute Gasteiger partial charge is 0.276 e. The third-order valence-corrected chi connectivity index (χ3v) is 4.81. The largest absolute Gasteiger partial charge is 0.489 e. The van der Waals surface area contributed by atoms with E-state index in [2.05, 4.69) is 25.6 Å². The summed E-state index contributed by atoms with van der Waals surface area (Å²) in [6.45, 7) is 2.54. The van der Waals surface area contributed by atoms with Crippen molar-refractivity contribution in [2.24, 2.45) is 0 Å². The molecule has 1 aromatic carbocycles. The highest BCUT2D eigenvalue weighted by Gasteiger charge is 2.43. The summed E-state index contributed by atoms with van der Waals surface area (Å²) in [7, 11) is 0. The van der Waals surface area contributed by atoms with E-state index >= 15 is 0 Å². The third-order valence-electron chi connectivity index (χ3n) is 4.81. The molecule has 2 aromatic heterocycles. The number of rotatable bonds is 7. The van der Waals surface area contributed by atoms with E-state index in [-0.39, 0.29) is 11.6 Å². The number of aromatic nitrogens is 5. The van der Waals surface area contributed by atoms with E-state index in [0.29, 0.717) is 18.2 Å². The van der Waals surface area contributed by atoms with Crippen molar-refractivity contribution in [3.8, 4) is 11.4 Å². The van der Waals surface area contributed by atoms with Crippen LogP contribution in [0.4, 0.5) is 0 Å². The van der Waals surface area contributed by atoms with Gasteiger partial charge in [-0.3, -0.25) is 9.89 Å². The predicted molar refractivity (Wildman–Crippen MR) is 98.7 cm³/mol. The van der Waals surface area contributed by atoms with Crippen LogP contribution in [0.5, 0.6) is 5.75 Å². The second kappa shape index (κ2) is 7.22. The van der Waals surface area contributed by atoms with Crippen LogP contribution in [0.1, 0.15) is 48.9 Å². The van der Waals surface area contributed by atoms with Crippen molar-refractivity contribution in [2.45, 2.75) is 38.1 Å². The first kappa shape index (κ1) is 17.3. The quantitative estimate of drug-likeness (QED) is 0.670. The Kier molecular flexibility index (Phi) is 4.62. The molecule has 4 rings (SSSR count). The lowest BCUT2D eigenvalue weighted by Crippen LogP contribution is -2.51. The van der Waals surface area contributed by atoms with Gasteiger partial charge < -0.3 is 10.1 Å². The fourth-order valence-electron chi connectivity index (χ4n) is 3.21. The summed E-state index contributed by atoms with van der Waals surface area (Å²) in [5.41, 5.74) is 0.635. The monoisotopic (exact) mass is 366 g/mol. The zero-order valence-electron chi connectivity index (χ0n) is 15.2. The zero-order valence-corrected chi connectivity index (χ0v) is 15.2. The molecule has 1 amide bonds. The molecule has 8 nitrogen and oxygen atoms in total. The topological polar surface area (TPSA) is 97.7 Å². The molecule has 0 aliphatic heterocycles. The highest BCUT2D eigenvalue weighted by atomic mass is 16.5. The molecule has 0 atom stereocenters.